The normalized spacial score (nSPS) is 22.7. The summed E-state index contributed by atoms with van der Waals surface area (Å²) in [6.07, 6.45) is 7.36. The Bertz CT molecular complexity index is 575. The smallest absolute Gasteiger partial charge is 0.268 e. The standard InChI is InChI=1S/C15H18N2O2S/c1-2-4-10-8-13(20-12(10)5-3-1)15-16-14(17-19-15)11-6-7-18-9-11/h8,11H,1-7,9H2/t11-/m1/s1. The number of hydrogen-bond acceptors (Lipinski definition) is 5. The topological polar surface area (TPSA) is 48.2 Å². The lowest BCUT2D eigenvalue weighted by atomic mass is 10.1. The monoisotopic (exact) mass is 290 g/mol. The second-order valence-corrected chi connectivity index (χ2v) is 6.77. The van der Waals surface area contributed by atoms with Crippen LogP contribution in [-0.2, 0) is 17.6 Å². The molecule has 0 unspecified atom stereocenters. The number of rotatable bonds is 2. The summed E-state index contributed by atoms with van der Waals surface area (Å²) in [5.74, 6) is 1.80. The van der Waals surface area contributed by atoms with Crippen LogP contribution >= 0.6 is 11.3 Å². The van der Waals surface area contributed by atoms with Crippen molar-refractivity contribution in [2.45, 2.75) is 44.4 Å². The molecule has 2 aliphatic rings. The van der Waals surface area contributed by atoms with Crippen molar-refractivity contribution in [2.75, 3.05) is 13.2 Å². The molecule has 0 saturated carbocycles. The van der Waals surface area contributed by atoms with Gasteiger partial charge in [0.15, 0.2) is 5.82 Å². The average Bonchev–Trinajstić information content (AvgIpc) is 3.16. The van der Waals surface area contributed by atoms with E-state index in [-0.39, 0.29) is 0 Å². The van der Waals surface area contributed by atoms with Crippen molar-refractivity contribution in [1.82, 2.24) is 10.1 Å². The Labute approximate surface area is 122 Å². The second kappa shape index (κ2) is 5.30. The summed E-state index contributed by atoms with van der Waals surface area (Å²) < 4.78 is 10.9. The Morgan fingerprint density at radius 1 is 1.20 bits per heavy atom. The van der Waals surface area contributed by atoms with Crippen LogP contribution in [0.1, 0.15) is 47.9 Å². The van der Waals surface area contributed by atoms with Gasteiger partial charge < -0.3 is 9.26 Å². The molecule has 1 saturated heterocycles. The number of aryl methyl sites for hydroxylation is 2. The SMILES string of the molecule is c1c(-c2nc([C@@H]3CCOC3)no2)sc2c1CCCCC2. The Morgan fingerprint density at radius 2 is 2.15 bits per heavy atom. The summed E-state index contributed by atoms with van der Waals surface area (Å²) in [4.78, 5) is 7.23. The molecule has 4 nitrogen and oxygen atoms in total. The third-order valence-corrected chi connectivity index (χ3v) is 5.42. The highest BCUT2D eigenvalue weighted by Crippen LogP contribution is 2.35. The quantitative estimate of drug-likeness (QED) is 0.793. The lowest BCUT2D eigenvalue weighted by Crippen LogP contribution is -1.99. The van der Waals surface area contributed by atoms with Gasteiger partial charge in [-0.05, 0) is 43.7 Å². The molecule has 1 aliphatic carbocycles. The van der Waals surface area contributed by atoms with Crippen molar-refractivity contribution in [3.8, 4) is 10.8 Å². The van der Waals surface area contributed by atoms with E-state index >= 15 is 0 Å². The molecule has 2 aromatic rings. The maximum Gasteiger partial charge on any atom is 0.268 e. The van der Waals surface area contributed by atoms with Gasteiger partial charge in [0.25, 0.3) is 5.89 Å². The lowest BCUT2D eigenvalue weighted by Gasteiger charge is -1.97. The summed E-state index contributed by atoms with van der Waals surface area (Å²) in [5, 5.41) is 4.14. The molecule has 2 aromatic heterocycles. The van der Waals surface area contributed by atoms with Crippen molar-refractivity contribution in [3.63, 3.8) is 0 Å². The molecule has 1 aliphatic heterocycles. The molecule has 3 heterocycles. The summed E-state index contributed by atoms with van der Waals surface area (Å²) in [6, 6.07) is 2.26. The van der Waals surface area contributed by atoms with Gasteiger partial charge in [-0.1, -0.05) is 11.6 Å². The first-order valence-corrected chi connectivity index (χ1v) is 8.25. The summed E-state index contributed by atoms with van der Waals surface area (Å²) >= 11 is 1.83. The van der Waals surface area contributed by atoms with Crippen LogP contribution in [0.3, 0.4) is 0 Å². The van der Waals surface area contributed by atoms with Gasteiger partial charge in [0, 0.05) is 17.4 Å². The minimum atomic E-state index is 0.310. The van der Waals surface area contributed by atoms with Gasteiger partial charge in [-0.25, -0.2) is 0 Å². The van der Waals surface area contributed by atoms with E-state index in [4.69, 9.17) is 9.26 Å². The molecule has 106 valence electrons. The molecule has 0 radical (unpaired) electrons. The Hall–Kier alpha value is -1.20. The van der Waals surface area contributed by atoms with E-state index in [2.05, 4.69) is 16.2 Å². The third-order valence-electron chi connectivity index (χ3n) is 4.19. The molecule has 0 amide bonds. The van der Waals surface area contributed by atoms with Gasteiger partial charge in [-0.3, -0.25) is 0 Å². The molecule has 20 heavy (non-hydrogen) atoms. The molecular formula is C15H18N2O2S. The number of nitrogens with zero attached hydrogens (tertiary/aromatic N) is 2. The van der Waals surface area contributed by atoms with E-state index in [1.54, 1.807) is 0 Å². The van der Waals surface area contributed by atoms with E-state index in [9.17, 15) is 0 Å². The van der Waals surface area contributed by atoms with E-state index in [0.717, 1.165) is 30.3 Å². The minimum Gasteiger partial charge on any atom is -0.381 e. The van der Waals surface area contributed by atoms with Gasteiger partial charge >= 0.3 is 0 Å². The van der Waals surface area contributed by atoms with Crippen molar-refractivity contribution in [3.05, 3.63) is 22.3 Å². The summed E-state index contributed by atoms with van der Waals surface area (Å²) in [6.45, 7) is 1.53. The fourth-order valence-corrected chi connectivity index (χ4v) is 4.19. The van der Waals surface area contributed by atoms with Gasteiger partial charge in [0.2, 0.25) is 0 Å². The summed E-state index contributed by atoms with van der Waals surface area (Å²) in [5.41, 5.74) is 1.49. The molecule has 1 atom stereocenters. The maximum atomic E-state index is 5.47. The highest BCUT2D eigenvalue weighted by Gasteiger charge is 2.24. The largest absolute Gasteiger partial charge is 0.381 e. The number of aromatic nitrogens is 2. The van der Waals surface area contributed by atoms with Crippen LogP contribution in [0.25, 0.3) is 10.8 Å². The van der Waals surface area contributed by atoms with E-state index in [1.807, 2.05) is 11.3 Å². The highest BCUT2D eigenvalue weighted by molar-refractivity contribution is 7.15. The van der Waals surface area contributed by atoms with Gasteiger partial charge in [0.05, 0.1) is 11.5 Å². The second-order valence-electron chi connectivity index (χ2n) is 5.64. The van der Waals surface area contributed by atoms with Gasteiger partial charge in [-0.15, -0.1) is 11.3 Å². The molecule has 1 fully saturated rings. The van der Waals surface area contributed by atoms with Crippen LogP contribution < -0.4 is 0 Å². The van der Waals surface area contributed by atoms with E-state index < -0.39 is 0 Å². The fourth-order valence-electron chi connectivity index (χ4n) is 3.01. The number of ether oxygens (including phenoxy) is 1. The highest BCUT2D eigenvalue weighted by atomic mass is 32.1. The number of thiophene rings is 1. The zero-order valence-electron chi connectivity index (χ0n) is 11.4. The Balaban J connectivity index is 1.61. The van der Waals surface area contributed by atoms with Crippen LogP contribution in [-0.4, -0.2) is 23.4 Å². The lowest BCUT2D eigenvalue weighted by molar-refractivity contribution is 0.192. The first-order valence-electron chi connectivity index (χ1n) is 7.43. The Morgan fingerprint density at radius 3 is 3.05 bits per heavy atom. The van der Waals surface area contributed by atoms with Gasteiger partial charge in [0.1, 0.15) is 0 Å². The number of fused-ring (bicyclic) bond motifs is 1. The van der Waals surface area contributed by atoms with E-state index in [0.29, 0.717) is 11.8 Å². The minimum absolute atomic E-state index is 0.310. The van der Waals surface area contributed by atoms with Crippen LogP contribution in [0.4, 0.5) is 0 Å². The maximum absolute atomic E-state index is 5.47. The Kier molecular flexibility index (Phi) is 3.32. The van der Waals surface area contributed by atoms with Crippen molar-refractivity contribution >= 4 is 11.3 Å². The molecule has 0 aromatic carbocycles. The number of hydrogen-bond donors (Lipinski definition) is 0. The average molecular weight is 290 g/mol. The van der Waals surface area contributed by atoms with Gasteiger partial charge in [-0.2, -0.15) is 4.98 Å². The zero-order valence-corrected chi connectivity index (χ0v) is 12.2. The first kappa shape index (κ1) is 12.5. The molecule has 0 spiro atoms. The molecule has 0 N–H and O–H groups in total. The van der Waals surface area contributed by atoms with Crippen LogP contribution in [0.2, 0.25) is 0 Å². The fraction of sp³-hybridized carbons (Fsp3) is 0.600. The first-order chi connectivity index (χ1) is 9.90. The zero-order chi connectivity index (χ0) is 13.4. The van der Waals surface area contributed by atoms with E-state index in [1.165, 1.54) is 42.5 Å². The predicted octanol–water partition coefficient (Wildman–Crippen LogP) is 3.57. The molecule has 5 heteroatoms. The van der Waals surface area contributed by atoms with Crippen LogP contribution in [0.5, 0.6) is 0 Å². The molecule has 0 bridgehead atoms. The predicted molar refractivity (Wildman–Crippen MR) is 77.0 cm³/mol. The van der Waals surface area contributed by atoms with Crippen molar-refractivity contribution < 1.29 is 9.26 Å². The third kappa shape index (κ3) is 2.29. The van der Waals surface area contributed by atoms with Crippen LogP contribution in [0.15, 0.2) is 10.6 Å². The van der Waals surface area contributed by atoms with Crippen molar-refractivity contribution in [1.29, 1.82) is 0 Å². The summed E-state index contributed by atoms with van der Waals surface area (Å²) in [7, 11) is 0. The molecular weight excluding hydrogens is 272 g/mol. The molecule has 4 rings (SSSR count). The van der Waals surface area contributed by atoms with Crippen LogP contribution in [0, 0.1) is 0 Å². The van der Waals surface area contributed by atoms with Crippen molar-refractivity contribution in [2.24, 2.45) is 0 Å².